The molecule has 0 saturated heterocycles. The molecule has 8 heteroatoms. The van der Waals surface area contributed by atoms with Crippen LogP contribution in [0.15, 0.2) is 41.8 Å². The lowest BCUT2D eigenvalue weighted by molar-refractivity contribution is -0.116. The van der Waals surface area contributed by atoms with Gasteiger partial charge in [0.1, 0.15) is 0 Å². The number of rotatable bonds is 6. The van der Waals surface area contributed by atoms with Gasteiger partial charge in [-0.2, -0.15) is 0 Å². The van der Waals surface area contributed by atoms with E-state index in [-0.39, 0.29) is 5.91 Å². The number of amides is 1. The van der Waals surface area contributed by atoms with Crippen molar-refractivity contribution >= 4 is 38.1 Å². The summed E-state index contributed by atoms with van der Waals surface area (Å²) in [6, 6.07) is 6.94. The normalized spacial score (nSPS) is 16.8. The number of hydrogen-bond acceptors (Lipinski definition) is 5. The summed E-state index contributed by atoms with van der Waals surface area (Å²) in [7, 11) is -3.29. The maximum atomic E-state index is 12.0. The average Bonchev–Trinajstić information content (AvgIpc) is 3.18. The zero-order valence-electron chi connectivity index (χ0n) is 13.7. The van der Waals surface area contributed by atoms with Gasteiger partial charge in [-0.15, -0.1) is 11.3 Å². The van der Waals surface area contributed by atoms with E-state index in [1.807, 2.05) is 5.38 Å². The molecule has 0 spiro atoms. The molecular formula is C17H19N3O3S2. The smallest absolute Gasteiger partial charge is 0.229 e. The molecule has 0 unspecified atom stereocenters. The predicted octanol–water partition coefficient (Wildman–Crippen LogP) is 3.48. The Morgan fingerprint density at radius 2 is 2.08 bits per heavy atom. The molecule has 1 aromatic carbocycles. The summed E-state index contributed by atoms with van der Waals surface area (Å²) in [4.78, 5) is 16.5. The predicted molar refractivity (Wildman–Crippen MR) is 101 cm³/mol. The highest BCUT2D eigenvalue weighted by molar-refractivity contribution is 7.92. The Morgan fingerprint density at radius 3 is 2.72 bits per heavy atom. The lowest BCUT2D eigenvalue weighted by Gasteiger charge is -2.06. The average molecular weight is 377 g/mol. The number of aromatic nitrogens is 1. The van der Waals surface area contributed by atoms with Crippen molar-refractivity contribution in [3.8, 4) is 11.3 Å². The first kappa shape index (κ1) is 17.6. The number of carbonyl (C=O) groups excluding carboxylic acids is 1. The number of anilines is 2. The van der Waals surface area contributed by atoms with E-state index in [1.54, 1.807) is 24.3 Å². The molecule has 2 aromatic rings. The van der Waals surface area contributed by atoms with Gasteiger partial charge < -0.3 is 5.32 Å². The number of thiazole rings is 1. The van der Waals surface area contributed by atoms with E-state index < -0.39 is 10.0 Å². The molecule has 1 aliphatic carbocycles. The van der Waals surface area contributed by atoms with E-state index in [0.29, 0.717) is 23.2 Å². The van der Waals surface area contributed by atoms with E-state index in [1.165, 1.54) is 11.3 Å². The number of carbonyl (C=O) groups is 1. The van der Waals surface area contributed by atoms with Gasteiger partial charge in [-0.25, -0.2) is 13.4 Å². The third-order valence-electron chi connectivity index (χ3n) is 3.79. The highest BCUT2D eigenvalue weighted by atomic mass is 32.2. The Kier molecular flexibility index (Phi) is 5.19. The second-order valence-corrected chi connectivity index (χ2v) is 8.61. The standard InChI is InChI=1S/C17H19N3O3S2/c1-25(22,23)20-14-8-6-13(7-9-14)15-11-24-17(18-15)19-16(21)10-12-4-2-3-5-12/h2,4,6-9,11-12,20H,3,5,10H2,1H3,(H,18,19,21)/t12-/m0/s1. The molecule has 1 amide bonds. The molecule has 0 fully saturated rings. The summed E-state index contributed by atoms with van der Waals surface area (Å²) >= 11 is 1.37. The molecule has 1 heterocycles. The van der Waals surface area contributed by atoms with E-state index in [0.717, 1.165) is 30.4 Å². The van der Waals surface area contributed by atoms with Gasteiger partial charge in [-0.1, -0.05) is 24.3 Å². The van der Waals surface area contributed by atoms with Crippen LogP contribution < -0.4 is 10.0 Å². The molecule has 0 aliphatic heterocycles. The number of nitrogens with one attached hydrogen (secondary N) is 2. The monoisotopic (exact) mass is 377 g/mol. The number of sulfonamides is 1. The Balaban J connectivity index is 1.62. The van der Waals surface area contributed by atoms with E-state index in [4.69, 9.17) is 0 Å². The zero-order valence-corrected chi connectivity index (χ0v) is 15.4. The summed E-state index contributed by atoms with van der Waals surface area (Å²) in [5.41, 5.74) is 2.10. The van der Waals surface area contributed by atoms with Crippen LogP contribution in [0.3, 0.4) is 0 Å². The van der Waals surface area contributed by atoms with Crippen LogP contribution in [-0.2, 0) is 14.8 Å². The van der Waals surface area contributed by atoms with Gasteiger partial charge in [0, 0.05) is 23.1 Å². The Labute approximate surface area is 151 Å². The van der Waals surface area contributed by atoms with Gasteiger partial charge in [0.15, 0.2) is 5.13 Å². The van der Waals surface area contributed by atoms with Crippen molar-refractivity contribution in [3.63, 3.8) is 0 Å². The molecular weight excluding hydrogens is 358 g/mol. The minimum Gasteiger partial charge on any atom is -0.302 e. The molecule has 132 valence electrons. The fraction of sp³-hybridized carbons (Fsp3) is 0.294. The van der Waals surface area contributed by atoms with Crippen molar-refractivity contribution < 1.29 is 13.2 Å². The highest BCUT2D eigenvalue weighted by Gasteiger charge is 2.15. The summed E-state index contributed by atoms with van der Waals surface area (Å²) in [6.45, 7) is 0. The first-order valence-corrected chi connectivity index (χ1v) is 10.7. The number of benzene rings is 1. The van der Waals surface area contributed by atoms with E-state index >= 15 is 0 Å². The SMILES string of the molecule is CS(=O)(=O)Nc1ccc(-c2csc(NC(=O)C[C@H]3C=CCC3)n2)cc1. The summed E-state index contributed by atoms with van der Waals surface area (Å²) < 4.78 is 24.9. The quantitative estimate of drug-likeness (QED) is 0.755. The molecule has 0 radical (unpaired) electrons. The lowest BCUT2D eigenvalue weighted by Crippen LogP contribution is -2.14. The topological polar surface area (TPSA) is 88.2 Å². The van der Waals surface area contributed by atoms with Crippen LogP contribution >= 0.6 is 11.3 Å². The van der Waals surface area contributed by atoms with Crippen LogP contribution in [0.1, 0.15) is 19.3 Å². The number of hydrogen-bond donors (Lipinski definition) is 2. The highest BCUT2D eigenvalue weighted by Crippen LogP contribution is 2.27. The maximum absolute atomic E-state index is 12.0. The molecule has 3 rings (SSSR count). The summed E-state index contributed by atoms with van der Waals surface area (Å²) in [5, 5.41) is 5.28. The van der Waals surface area contributed by atoms with E-state index in [9.17, 15) is 13.2 Å². The first-order chi connectivity index (χ1) is 11.9. The largest absolute Gasteiger partial charge is 0.302 e. The van der Waals surface area contributed by atoms with Crippen LogP contribution in [0.5, 0.6) is 0 Å². The van der Waals surface area contributed by atoms with Crippen molar-refractivity contribution in [1.29, 1.82) is 0 Å². The maximum Gasteiger partial charge on any atom is 0.229 e. The van der Waals surface area contributed by atoms with Crippen LogP contribution in [0, 0.1) is 5.92 Å². The van der Waals surface area contributed by atoms with Crippen molar-refractivity contribution in [2.45, 2.75) is 19.3 Å². The molecule has 6 nitrogen and oxygen atoms in total. The van der Waals surface area contributed by atoms with Gasteiger partial charge in [-0.05, 0) is 30.9 Å². The van der Waals surface area contributed by atoms with E-state index in [2.05, 4.69) is 27.2 Å². The Hall–Kier alpha value is -2.19. The van der Waals surface area contributed by atoms with Crippen LogP contribution in [0.25, 0.3) is 11.3 Å². The third kappa shape index (κ3) is 5.14. The van der Waals surface area contributed by atoms with Gasteiger partial charge in [0.05, 0.1) is 11.9 Å². The van der Waals surface area contributed by atoms with Crippen LogP contribution in [0.4, 0.5) is 10.8 Å². The third-order valence-corrected chi connectivity index (χ3v) is 5.16. The van der Waals surface area contributed by atoms with Crippen LogP contribution in [-0.4, -0.2) is 25.6 Å². The fourth-order valence-electron chi connectivity index (χ4n) is 2.66. The zero-order chi connectivity index (χ0) is 17.9. The second kappa shape index (κ2) is 7.37. The minimum atomic E-state index is -3.29. The van der Waals surface area contributed by atoms with Gasteiger partial charge >= 0.3 is 0 Å². The fourth-order valence-corrected chi connectivity index (χ4v) is 3.96. The molecule has 25 heavy (non-hydrogen) atoms. The molecule has 1 aromatic heterocycles. The van der Waals surface area contributed by atoms with Crippen molar-refractivity contribution in [2.24, 2.45) is 5.92 Å². The van der Waals surface area contributed by atoms with Crippen LogP contribution in [0.2, 0.25) is 0 Å². The molecule has 0 saturated carbocycles. The minimum absolute atomic E-state index is 0.0230. The molecule has 2 N–H and O–H groups in total. The molecule has 1 atom stereocenters. The molecule has 1 aliphatic rings. The first-order valence-electron chi connectivity index (χ1n) is 7.89. The van der Waals surface area contributed by atoms with Gasteiger partial charge in [0.2, 0.25) is 15.9 Å². The lowest BCUT2D eigenvalue weighted by atomic mass is 10.1. The Bertz CT molecular complexity index is 886. The van der Waals surface area contributed by atoms with Gasteiger partial charge in [-0.3, -0.25) is 9.52 Å². The van der Waals surface area contributed by atoms with Crippen molar-refractivity contribution in [1.82, 2.24) is 4.98 Å². The summed E-state index contributed by atoms with van der Waals surface area (Å²) in [6.07, 6.45) is 7.88. The van der Waals surface area contributed by atoms with Gasteiger partial charge in [0.25, 0.3) is 0 Å². The van der Waals surface area contributed by atoms with Crippen molar-refractivity contribution in [3.05, 3.63) is 41.8 Å². The van der Waals surface area contributed by atoms with Crippen molar-refractivity contribution in [2.75, 3.05) is 16.3 Å². The second-order valence-electron chi connectivity index (χ2n) is 6.01. The Morgan fingerprint density at radius 1 is 1.32 bits per heavy atom. The molecule has 0 bridgehead atoms. The number of allylic oxidation sites excluding steroid dienone is 2. The summed E-state index contributed by atoms with van der Waals surface area (Å²) in [5.74, 6) is 0.305. The number of nitrogens with zero attached hydrogens (tertiary/aromatic N) is 1.